The summed E-state index contributed by atoms with van der Waals surface area (Å²) in [7, 11) is 0. The molecule has 0 aromatic heterocycles. The Morgan fingerprint density at radius 3 is 2.74 bits per heavy atom. The number of nitrogens with zero attached hydrogens (tertiary/aromatic N) is 1. The predicted molar refractivity (Wildman–Crippen MR) is 73.2 cm³/mol. The van der Waals surface area contributed by atoms with Gasteiger partial charge >= 0.3 is 6.09 Å². The third-order valence-electron chi connectivity index (χ3n) is 3.31. The van der Waals surface area contributed by atoms with Gasteiger partial charge in [-0.1, -0.05) is 12.1 Å². The maximum Gasteiger partial charge on any atom is 0.410 e. The zero-order valence-corrected chi connectivity index (χ0v) is 11.9. The lowest BCUT2D eigenvalue weighted by Crippen LogP contribution is -2.42. The normalized spacial score (nSPS) is 18.9. The number of fused-ring (bicyclic) bond motifs is 1. The van der Waals surface area contributed by atoms with Crippen molar-refractivity contribution in [1.82, 2.24) is 4.90 Å². The van der Waals surface area contributed by atoms with Crippen molar-refractivity contribution < 1.29 is 14.6 Å². The number of phenols is 1. The smallest absolute Gasteiger partial charge is 0.410 e. The van der Waals surface area contributed by atoms with Crippen molar-refractivity contribution in [3.05, 3.63) is 29.3 Å². The van der Waals surface area contributed by atoms with Crippen molar-refractivity contribution >= 4 is 6.09 Å². The first-order valence-corrected chi connectivity index (χ1v) is 6.60. The highest BCUT2D eigenvalue weighted by atomic mass is 16.6. The fraction of sp³-hybridized carbons (Fsp3) is 0.533. The van der Waals surface area contributed by atoms with Gasteiger partial charge in [0.2, 0.25) is 0 Å². The van der Waals surface area contributed by atoms with Gasteiger partial charge in [-0.25, -0.2) is 4.79 Å². The summed E-state index contributed by atoms with van der Waals surface area (Å²) in [4.78, 5) is 13.8. The van der Waals surface area contributed by atoms with Gasteiger partial charge in [0.15, 0.2) is 0 Å². The molecule has 19 heavy (non-hydrogen) atoms. The van der Waals surface area contributed by atoms with Crippen LogP contribution in [0.4, 0.5) is 4.79 Å². The maximum absolute atomic E-state index is 12.2. The van der Waals surface area contributed by atoms with E-state index >= 15 is 0 Å². The Labute approximate surface area is 114 Å². The van der Waals surface area contributed by atoms with Crippen molar-refractivity contribution in [2.75, 3.05) is 6.54 Å². The van der Waals surface area contributed by atoms with Crippen LogP contribution < -0.4 is 0 Å². The van der Waals surface area contributed by atoms with Crippen LogP contribution in [0.2, 0.25) is 0 Å². The number of rotatable bonds is 0. The summed E-state index contributed by atoms with van der Waals surface area (Å²) in [5, 5.41) is 9.98. The topological polar surface area (TPSA) is 49.8 Å². The van der Waals surface area contributed by atoms with Crippen molar-refractivity contribution in [2.45, 2.75) is 45.8 Å². The molecule has 1 atom stereocenters. The molecule has 1 amide bonds. The number of phenolic OH excluding ortho intramolecular Hbond substituents is 1. The summed E-state index contributed by atoms with van der Waals surface area (Å²) in [6.07, 6.45) is 0.418. The lowest BCUT2D eigenvalue weighted by atomic mass is 9.93. The van der Waals surface area contributed by atoms with Gasteiger partial charge in [0.25, 0.3) is 0 Å². The van der Waals surface area contributed by atoms with Crippen LogP contribution in [0.15, 0.2) is 18.2 Å². The van der Waals surface area contributed by atoms with Crippen LogP contribution in [0, 0.1) is 0 Å². The van der Waals surface area contributed by atoms with E-state index in [4.69, 9.17) is 4.74 Å². The van der Waals surface area contributed by atoms with Crippen LogP contribution in [-0.4, -0.2) is 28.2 Å². The quantitative estimate of drug-likeness (QED) is 0.781. The first-order valence-electron chi connectivity index (χ1n) is 6.60. The van der Waals surface area contributed by atoms with Gasteiger partial charge in [-0.3, -0.25) is 0 Å². The number of carbonyl (C=O) groups excluding carboxylic acids is 1. The van der Waals surface area contributed by atoms with Crippen LogP contribution in [0.3, 0.4) is 0 Å². The van der Waals surface area contributed by atoms with Crippen molar-refractivity contribution in [2.24, 2.45) is 0 Å². The van der Waals surface area contributed by atoms with Gasteiger partial charge in [0.05, 0.1) is 6.04 Å². The Bertz CT molecular complexity index is 491. The molecule has 0 aliphatic carbocycles. The summed E-state index contributed by atoms with van der Waals surface area (Å²) in [5.41, 5.74) is 1.43. The van der Waals surface area contributed by atoms with Crippen LogP contribution in [0.25, 0.3) is 0 Å². The number of hydrogen-bond donors (Lipinski definition) is 1. The number of aromatic hydroxyl groups is 1. The summed E-state index contributed by atoms with van der Waals surface area (Å²) >= 11 is 0. The Morgan fingerprint density at radius 2 is 2.11 bits per heavy atom. The minimum Gasteiger partial charge on any atom is -0.508 e. The second-order valence-electron chi connectivity index (χ2n) is 5.95. The van der Waals surface area contributed by atoms with Gasteiger partial charge in [-0.15, -0.1) is 0 Å². The molecule has 0 radical (unpaired) electrons. The average molecular weight is 263 g/mol. The van der Waals surface area contributed by atoms with Crippen LogP contribution in [-0.2, 0) is 11.2 Å². The van der Waals surface area contributed by atoms with E-state index in [2.05, 4.69) is 0 Å². The highest BCUT2D eigenvalue weighted by Crippen LogP contribution is 2.36. The molecule has 1 aliphatic heterocycles. The highest BCUT2D eigenvalue weighted by molar-refractivity contribution is 5.70. The second kappa shape index (κ2) is 4.76. The molecule has 4 nitrogen and oxygen atoms in total. The molecule has 0 saturated heterocycles. The van der Waals surface area contributed by atoms with Crippen LogP contribution >= 0.6 is 0 Å². The molecular weight excluding hydrogens is 242 g/mol. The SMILES string of the molecule is CC1c2c(O)cccc2CCN1C(=O)OC(C)(C)C. The first kappa shape index (κ1) is 13.7. The van der Waals surface area contributed by atoms with Gasteiger partial charge in [0, 0.05) is 12.1 Å². The fourth-order valence-electron chi connectivity index (χ4n) is 2.46. The van der Waals surface area contributed by atoms with Gasteiger partial charge in [-0.05, 0) is 45.7 Å². The van der Waals surface area contributed by atoms with E-state index in [1.54, 1.807) is 11.0 Å². The first-order chi connectivity index (χ1) is 8.79. The number of carbonyl (C=O) groups is 1. The summed E-state index contributed by atoms with van der Waals surface area (Å²) in [6.45, 7) is 8.09. The molecule has 1 aromatic rings. The van der Waals surface area contributed by atoms with E-state index in [0.29, 0.717) is 6.54 Å². The van der Waals surface area contributed by atoms with Gasteiger partial charge in [-0.2, -0.15) is 0 Å². The fourth-order valence-corrected chi connectivity index (χ4v) is 2.46. The molecule has 1 aromatic carbocycles. The average Bonchev–Trinajstić information content (AvgIpc) is 2.26. The minimum absolute atomic E-state index is 0.167. The Hall–Kier alpha value is -1.71. The van der Waals surface area contributed by atoms with Crippen molar-refractivity contribution in [1.29, 1.82) is 0 Å². The molecular formula is C15H21NO3. The Morgan fingerprint density at radius 1 is 1.42 bits per heavy atom. The molecule has 0 bridgehead atoms. The molecule has 1 heterocycles. The lowest BCUT2D eigenvalue weighted by molar-refractivity contribution is 0.0158. The molecule has 1 aliphatic rings. The Balaban J connectivity index is 2.24. The van der Waals surface area contributed by atoms with Crippen molar-refractivity contribution in [3.63, 3.8) is 0 Å². The van der Waals surface area contributed by atoms with E-state index in [1.165, 1.54) is 0 Å². The van der Waals surface area contributed by atoms with E-state index in [-0.39, 0.29) is 17.9 Å². The number of hydrogen-bond acceptors (Lipinski definition) is 3. The summed E-state index contributed by atoms with van der Waals surface area (Å²) < 4.78 is 5.41. The standard InChI is InChI=1S/C15H21NO3/c1-10-13-11(6-5-7-12(13)17)8-9-16(10)14(18)19-15(2,3)4/h5-7,10,17H,8-9H2,1-4H3. The molecule has 2 rings (SSSR count). The zero-order chi connectivity index (χ0) is 14.2. The van der Waals surface area contributed by atoms with Crippen molar-refractivity contribution in [3.8, 4) is 5.75 Å². The maximum atomic E-state index is 12.2. The molecule has 0 spiro atoms. The highest BCUT2D eigenvalue weighted by Gasteiger charge is 2.32. The molecule has 4 heteroatoms. The number of benzene rings is 1. The summed E-state index contributed by atoms with van der Waals surface area (Å²) in [6, 6.07) is 5.33. The molecule has 0 fully saturated rings. The zero-order valence-electron chi connectivity index (χ0n) is 11.9. The molecule has 1 N–H and O–H groups in total. The molecule has 1 unspecified atom stereocenters. The summed E-state index contributed by atoms with van der Waals surface area (Å²) in [5.74, 6) is 0.248. The monoisotopic (exact) mass is 263 g/mol. The van der Waals surface area contributed by atoms with E-state index < -0.39 is 5.60 Å². The predicted octanol–water partition coefficient (Wildman–Crippen LogP) is 3.25. The van der Waals surface area contributed by atoms with Crippen LogP contribution in [0.5, 0.6) is 5.75 Å². The lowest BCUT2D eigenvalue weighted by Gasteiger charge is -2.36. The molecule has 0 saturated carbocycles. The second-order valence-corrected chi connectivity index (χ2v) is 5.95. The third-order valence-corrected chi connectivity index (χ3v) is 3.31. The van der Waals surface area contributed by atoms with Crippen LogP contribution in [0.1, 0.15) is 44.9 Å². The van der Waals surface area contributed by atoms with E-state index in [1.807, 2.05) is 39.8 Å². The van der Waals surface area contributed by atoms with Gasteiger partial charge in [0.1, 0.15) is 11.4 Å². The minimum atomic E-state index is -0.504. The van der Waals surface area contributed by atoms with E-state index in [9.17, 15) is 9.90 Å². The van der Waals surface area contributed by atoms with Gasteiger partial charge < -0.3 is 14.7 Å². The third kappa shape index (κ3) is 2.83. The van der Waals surface area contributed by atoms with E-state index in [0.717, 1.165) is 17.5 Å². The number of amides is 1. The largest absolute Gasteiger partial charge is 0.508 e. The Kier molecular flexibility index (Phi) is 3.43. The molecule has 104 valence electrons. The number of ether oxygens (including phenoxy) is 1.